The van der Waals surface area contributed by atoms with Crippen molar-refractivity contribution in [3.8, 4) is 0 Å². The smallest absolute Gasteiger partial charge is 0.156 e. The topological polar surface area (TPSA) is 0 Å². The fourth-order valence-corrected chi connectivity index (χ4v) is 14.9. The van der Waals surface area contributed by atoms with Gasteiger partial charge in [0.05, 0.1) is 0 Å². The first-order valence-electron chi connectivity index (χ1n) is 4.49. The highest BCUT2D eigenvalue weighted by Gasteiger charge is 2.34. The second-order valence-corrected chi connectivity index (χ2v) is 14.0. The van der Waals surface area contributed by atoms with E-state index in [-0.39, 0.29) is 0 Å². The molecule has 1 fully saturated rings. The van der Waals surface area contributed by atoms with Gasteiger partial charge in [-0.15, -0.1) is 0 Å². The lowest BCUT2D eigenvalue weighted by molar-refractivity contribution is 1.02. The molecule has 0 N–H and O–H groups in total. The Morgan fingerprint density at radius 3 is 2.36 bits per heavy atom. The molecule has 11 heavy (non-hydrogen) atoms. The second kappa shape index (κ2) is 4.31. The molecule has 4 heteroatoms. The zero-order valence-corrected chi connectivity index (χ0v) is 10.7. The molecule has 1 saturated heterocycles. The van der Waals surface area contributed by atoms with Gasteiger partial charge in [0.2, 0.25) is 0 Å². The molecule has 1 rings (SSSR count). The Bertz CT molecular complexity index is 122. The molecule has 0 atom stereocenters. The van der Waals surface area contributed by atoms with E-state index in [2.05, 4.69) is 6.92 Å². The van der Waals surface area contributed by atoms with Crippen LogP contribution in [0.15, 0.2) is 0 Å². The normalized spacial score (nSPS) is 39.0. The van der Waals surface area contributed by atoms with Gasteiger partial charge in [-0.05, 0) is 30.2 Å². The van der Waals surface area contributed by atoms with E-state index in [9.17, 15) is 0 Å². The van der Waals surface area contributed by atoms with Crippen molar-refractivity contribution in [3.63, 3.8) is 0 Å². The van der Waals surface area contributed by atoms with Gasteiger partial charge in [-0.2, -0.15) is 22.2 Å². The fourth-order valence-electron chi connectivity index (χ4n) is 1.80. The van der Waals surface area contributed by atoms with Gasteiger partial charge in [0, 0.05) is 0 Å². The molecule has 0 bridgehead atoms. The minimum Gasteiger partial charge on any atom is -0.172 e. The third-order valence-corrected chi connectivity index (χ3v) is 12.3. The summed E-state index contributed by atoms with van der Waals surface area (Å²) in [5, 5.41) is 0. The number of hydrogen-bond donors (Lipinski definition) is 0. The maximum atomic E-state index is 6.54. The van der Waals surface area contributed by atoms with E-state index in [4.69, 9.17) is 22.2 Å². The van der Waals surface area contributed by atoms with Crippen LogP contribution in [-0.4, -0.2) is 15.5 Å². The average Bonchev–Trinajstić information content (AvgIpc) is 1.97. The number of halogens is 2. The van der Waals surface area contributed by atoms with Crippen LogP contribution in [0.5, 0.6) is 0 Å². The van der Waals surface area contributed by atoms with Crippen molar-refractivity contribution in [1.29, 1.82) is 0 Å². The summed E-state index contributed by atoms with van der Waals surface area (Å²) in [6.45, 7) is 2.24. The maximum Gasteiger partial charge on any atom is 0.156 e. The van der Waals surface area contributed by atoms with Crippen molar-refractivity contribution >= 4 is 37.6 Å². The van der Waals surface area contributed by atoms with Gasteiger partial charge in [0.1, 0.15) is 8.11 Å². The molecule has 1 aliphatic heterocycles. The highest BCUT2D eigenvalue weighted by atomic mass is 35.6. The quantitative estimate of drug-likeness (QED) is 0.500. The highest BCUT2D eigenvalue weighted by molar-refractivity contribution is 7.22. The van der Waals surface area contributed by atoms with E-state index in [1.807, 2.05) is 0 Å². The molecule has 0 nitrogen and oxygen atoms in total. The van der Waals surface area contributed by atoms with Crippen molar-refractivity contribution < 1.29 is 0 Å². The SMILES string of the molecule is CCC[Si]1(Cl)CC[SiH](Cl)CC1. The Morgan fingerprint density at radius 1 is 1.36 bits per heavy atom. The first kappa shape index (κ1) is 10.1. The molecule has 1 aliphatic rings. The highest BCUT2D eigenvalue weighted by Crippen LogP contribution is 2.37. The molecule has 0 aromatic rings. The third-order valence-electron chi connectivity index (χ3n) is 2.51. The van der Waals surface area contributed by atoms with E-state index in [1.54, 1.807) is 0 Å². The second-order valence-electron chi connectivity index (χ2n) is 3.58. The number of hydrogen-bond acceptors (Lipinski definition) is 0. The standard InChI is InChI=1S/C7H16Cl2Si2/c1-2-5-11(9)6-3-10(8)4-7-11/h10H,2-7H2,1H3. The van der Waals surface area contributed by atoms with Crippen LogP contribution < -0.4 is 0 Å². The van der Waals surface area contributed by atoms with E-state index in [0.717, 1.165) is 0 Å². The first-order chi connectivity index (χ1) is 5.16. The lowest BCUT2D eigenvalue weighted by Crippen LogP contribution is -2.33. The molecule has 0 radical (unpaired) electrons. The van der Waals surface area contributed by atoms with Crippen LogP contribution in [0.2, 0.25) is 30.2 Å². The van der Waals surface area contributed by atoms with Crippen molar-refractivity contribution in [2.24, 2.45) is 0 Å². The molecular formula is C7H16Cl2Si2. The zero-order valence-electron chi connectivity index (χ0n) is 7.08. The molecule has 0 aliphatic carbocycles. The van der Waals surface area contributed by atoms with Crippen molar-refractivity contribution in [2.45, 2.75) is 43.6 Å². The Hall–Kier alpha value is 1.01. The van der Waals surface area contributed by atoms with E-state index >= 15 is 0 Å². The lowest BCUT2D eigenvalue weighted by atomic mass is 10.6. The van der Waals surface area contributed by atoms with Gasteiger partial charge >= 0.3 is 0 Å². The van der Waals surface area contributed by atoms with Gasteiger partial charge in [0.15, 0.2) is 7.38 Å². The summed E-state index contributed by atoms with van der Waals surface area (Å²) in [4.78, 5) is 0. The van der Waals surface area contributed by atoms with Crippen LogP contribution in [0.3, 0.4) is 0 Å². The monoisotopic (exact) mass is 226 g/mol. The molecule has 0 amide bonds. The minimum absolute atomic E-state index is 0.779. The molecular weight excluding hydrogens is 211 g/mol. The van der Waals surface area contributed by atoms with Crippen LogP contribution in [0.25, 0.3) is 0 Å². The van der Waals surface area contributed by atoms with Gasteiger partial charge < -0.3 is 0 Å². The minimum atomic E-state index is -1.26. The Labute approximate surface area is 81.3 Å². The Balaban J connectivity index is 2.35. The fraction of sp³-hybridized carbons (Fsp3) is 1.00. The molecule has 0 aromatic carbocycles. The third kappa shape index (κ3) is 3.09. The van der Waals surface area contributed by atoms with E-state index in [0.29, 0.717) is 0 Å². The largest absolute Gasteiger partial charge is 0.172 e. The van der Waals surface area contributed by atoms with Gasteiger partial charge in [-0.1, -0.05) is 13.3 Å². The first-order valence-corrected chi connectivity index (χ1v) is 11.5. The molecule has 66 valence electrons. The summed E-state index contributed by atoms with van der Waals surface area (Å²) in [6, 6.07) is 6.53. The molecule has 0 saturated carbocycles. The summed E-state index contributed by atoms with van der Waals surface area (Å²) in [5.41, 5.74) is 0. The molecule has 0 aromatic heterocycles. The predicted molar refractivity (Wildman–Crippen MR) is 58.9 cm³/mol. The lowest BCUT2D eigenvalue weighted by Gasteiger charge is -2.29. The predicted octanol–water partition coefficient (Wildman–Crippen LogP) is 3.56. The molecule has 0 spiro atoms. The van der Waals surface area contributed by atoms with Gasteiger partial charge in [0.25, 0.3) is 0 Å². The summed E-state index contributed by atoms with van der Waals surface area (Å²) in [7, 11) is -2.04. The summed E-state index contributed by atoms with van der Waals surface area (Å²) >= 11 is 12.7. The van der Waals surface area contributed by atoms with Crippen molar-refractivity contribution in [3.05, 3.63) is 0 Å². The summed E-state index contributed by atoms with van der Waals surface area (Å²) < 4.78 is 0. The van der Waals surface area contributed by atoms with E-state index < -0.39 is 15.5 Å². The van der Waals surface area contributed by atoms with Crippen LogP contribution in [0, 0.1) is 0 Å². The molecule has 1 heterocycles. The zero-order chi connectivity index (χ0) is 8.32. The van der Waals surface area contributed by atoms with Crippen molar-refractivity contribution in [1.82, 2.24) is 0 Å². The summed E-state index contributed by atoms with van der Waals surface area (Å²) in [5.74, 6) is 0. The van der Waals surface area contributed by atoms with Crippen LogP contribution >= 0.6 is 22.2 Å². The van der Waals surface area contributed by atoms with Crippen LogP contribution in [0.4, 0.5) is 0 Å². The van der Waals surface area contributed by atoms with Crippen LogP contribution in [0.1, 0.15) is 13.3 Å². The Kier molecular flexibility index (Phi) is 3.95. The maximum absolute atomic E-state index is 6.54. The average molecular weight is 227 g/mol. The van der Waals surface area contributed by atoms with Crippen molar-refractivity contribution in [2.75, 3.05) is 0 Å². The molecule has 0 unspecified atom stereocenters. The van der Waals surface area contributed by atoms with Crippen LogP contribution in [-0.2, 0) is 0 Å². The van der Waals surface area contributed by atoms with E-state index in [1.165, 1.54) is 36.6 Å². The summed E-state index contributed by atoms with van der Waals surface area (Å²) in [6.07, 6.45) is 1.27. The Morgan fingerprint density at radius 2 is 1.91 bits per heavy atom. The van der Waals surface area contributed by atoms with Gasteiger partial charge in [-0.25, -0.2) is 0 Å². The van der Waals surface area contributed by atoms with Gasteiger partial charge in [-0.3, -0.25) is 0 Å². The number of rotatable bonds is 2.